The van der Waals surface area contributed by atoms with Crippen molar-refractivity contribution in [2.24, 2.45) is 0 Å². The van der Waals surface area contributed by atoms with Crippen molar-refractivity contribution in [3.05, 3.63) is 59.2 Å². The van der Waals surface area contributed by atoms with Gasteiger partial charge in [-0.3, -0.25) is 0 Å². The molecule has 18 heavy (non-hydrogen) atoms. The van der Waals surface area contributed by atoms with Crippen LogP contribution in [0.4, 0.5) is 20.2 Å². The first-order chi connectivity index (χ1) is 8.61. The fraction of sp³-hybridized carbons (Fsp3) is 0.0714. The second-order valence-corrected chi connectivity index (χ2v) is 3.86. The van der Waals surface area contributed by atoms with Crippen LogP contribution < -0.4 is 5.32 Å². The van der Waals surface area contributed by atoms with E-state index in [0.29, 0.717) is 11.4 Å². The summed E-state index contributed by atoms with van der Waals surface area (Å²) in [5.74, 6) is -0.991. The molecule has 2 aromatic carbocycles. The zero-order valence-corrected chi connectivity index (χ0v) is 9.67. The molecule has 0 saturated carbocycles. The minimum atomic E-state index is -0.600. The third kappa shape index (κ3) is 2.30. The molecule has 1 N–H and O–H groups in total. The van der Waals surface area contributed by atoms with Gasteiger partial charge in [-0.1, -0.05) is 12.1 Å². The van der Waals surface area contributed by atoms with Crippen LogP contribution in [0.1, 0.15) is 11.1 Å². The van der Waals surface area contributed by atoms with Gasteiger partial charge < -0.3 is 5.32 Å². The van der Waals surface area contributed by atoms with Crippen molar-refractivity contribution in [2.75, 3.05) is 5.32 Å². The minimum Gasteiger partial charge on any atom is -0.354 e. The highest BCUT2D eigenvalue weighted by molar-refractivity contribution is 5.68. The summed E-state index contributed by atoms with van der Waals surface area (Å²) in [5.41, 5.74) is 1.56. The Morgan fingerprint density at radius 2 is 1.89 bits per heavy atom. The number of aryl methyl sites for hydroxylation is 1. The average molecular weight is 244 g/mol. The van der Waals surface area contributed by atoms with Gasteiger partial charge in [0.05, 0.1) is 5.69 Å². The zero-order valence-electron chi connectivity index (χ0n) is 9.67. The molecule has 0 aliphatic heterocycles. The van der Waals surface area contributed by atoms with Crippen LogP contribution in [-0.4, -0.2) is 0 Å². The molecule has 2 aromatic rings. The Balaban J connectivity index is 2.44. The molecule has 0 aliphatic rings. The summed E-state index contributed by atoms with van der Waals surface area (Å²) in [6, 6.07) is 10.3. The summed E-state index contributed by atoms with van der Waals surface area (Å²) >= 11 is 0. The Morgan fingerprint density at radius 1 is 1.11 bits per heavy atom. The lowest BCUT2D eigenvalue weighted by molar-refractivity contribution is 0.624. The average Bonchev–Trinajstić information content (AvgIpc) is 2.34. The Bertz CT molecular complexity index is 630. The molecule has 0 spiro atoms. The van der Waals surface area contributed by atoms with E-state index >= 15 is 0 Å². The van der Waals surface area contributed by atoms with E-state index in [4.69, 9.17) is 5.26 Å². The lowest BCUT2D eigenvalue weighted by Gasteiger charge is -2.11. The van der Waals surface area contributed by atoms with Gasteiger partial charge in [-0.15, -0.1) is 0 Å². The first-order valence-electron chi connectivity index (χ1n) is 5.33. The quantitative estimate of drug-likeness (QED) is 0.869. The van der Waals surface area contributed by atoms with Gasteiger partial charge in [0.15, 0.2) is 0 Å². The fourth-order valence-corrected chi connectivity index (χ4v) is 1.62. The number of halogens is 2. The number of nitrogens with one attached hydrogen (secondary N) is 1. The number of hydrogen-bond donors (Lipinski definition) is 1. The molecule has 0 heterocycles. The zero-order chi connectivity index (χ0) is 13.1. The van der Waals surface area contributed by atoms with Gasteiger partial charge in [0.2, 0.25) is 0 Å². The molecular weight excluding hydrogens is 234 g/mol. The highest BCUT2D eigenvalue weighted by Crippen LogP contribution is 2.25. The lowest BCUT2D eigenvalue weighted by atomic mass is 10.1. The number of benzene rings is 2. The number of nitrogens with zero attached hydrogens (tertiary/aromatic N) is 1. The van der Waals surface area contributed by atoms with Crippen LogP contribution in [0.2, 0.25) is 0 Å². The molecular formula is C14H10F2N2. The van der Waals surface area contributed by atoms with Crippen LogP contribution in [-0.2, 0) is 0 Å². The monoisotopic (exact) mass is 244 g/mol. The van der Waals surface area contributed by atoms with Crippen molar-refractivity contribution in [3.8, 4) is 6.07 Å². The van der Waals surface area contributed by atoms with E-state index in [2.05, 4.69) is 5.32 Å². The van der Waals surface area contributed by atoms with Gasteiger partial charge in [0.1, 0.15) is 23.3 Å². The Hall–Kier alpha value is -2.41. The summed E-state index contributed by atoms with van der Waals surface area (Å²) < 4.78 is 26.5. The molecule has 0 aromatic heterocycles. The van der Waals surface area contributed by atoms with Crippen molar-refractivity contribution < 1.29 is 8.78 Å². The minimum absolute atomic E-state index is 0.0823. The maximum absolute atomic E-state index is 13.4. The van der Waals surface area contributed by atoms with E-state index in [1.165, 1.54) is 24.3 Å². The number of hydrogen-bond acceptors (Lipinski definition) is 2. The van der Waals surface area contributed by atoms with Gasteiger partial charge in [-0.25, -0.2) is 8.78 Å². The summed E-state index contributed by atoms with van der Waals surface area (Å²) in [6.07, 6.45) is 0. The third-order valence-electron chi connectivity index (χ3n) is 2.59. The first kappa shape index (κ1) is 12.1. The molecule has 0 aliphatic carbocycles. The van der Waals surface area contributed by atoms with Crippen LogP contribution >= 0.6 is 0 Å². The predicted molar refractivity (Wildman–Crippen MR) is 65.5 cm³/mol. The smallest absolute Gasteiger partial charge is 0.143 e. The molecule has 0 fully saturated rings. The number of rotatable bonds is 2. The second kappa shape index (κ2) is 4.84. The van der Waals surface area contributed by atoms with Crippen LogP contribution in [0.5, 0.6) is 0 Å². The van der Waals surface area contributed by atoms with Gasteiger partial charge in [-0.05, 0) is 36.8 Å². The van der Waals surface area contributed by atoms with Crippen LogP contribution in [0.25, 0.3) is 0 Å². The Labute approximate surface area is 103 Å². The highest BCUT2D eigenvalue weighted by Gasteiger charge is 2.09. The topological polar surface area (TPSA) is 35.8 Å². The lowest BCUT2D eigenvalue weighted by Crippen LogP contribution is -1.98. The summed E-state index contributed by atoms with van der Waals surface area (Å²) in [4.78, 5) is 0. The van der Waals surface area contributed by atoms with E-state index in [1.54, 1.807) is 25.1 Å². The summed E-state index contributed by atoms with van der Waals surface area (Å²) in [5, 5.41) is 11.8. The second-order valence-electron chi connectivity index (χ2n) is 3.86. The maximum Gasteiger partial charge on any atom is 0.143 e. The van der Waals surface area contributed by atoms with Crippen molar-refractivity contribution >= 4 is 11.4 Å². The van der Waals surface area contributed by atoms with Gasteiger partial charge in [0.25, 0.3) is 0 Å². The molecule has 2 nitrogen and oxygen atoms in total. The van der Waals surface area contributed by atoms with E-state index in [-0.39, 0.29) is 5.56 Å². The highest BCUT2D eigenvalue weighted by atomic mass is 19.1. The van der Waals surface area contributed by atoms with Crippen molar-refractivity contribution in [1.29, 1.82) is 5.26 Å². The molecule has 0 unspecified atom stereocenters. The predicted octanol–water partition coefficient (Wildman–Crippen LogP) is 3.89. The Kier molecular flexibility index (Phi) is 3.24. The standard InChI is InChI=1S/C14H10F2N2/c1-9-5-6-10(15)7-14(9)18-13-4-2-3-12(16)11(13)8-17/h2-7,18H,1H3. The fourth-order valence-electron chi connectivity index (χ4n) is 1.62. The van der Waals surface area contributed by atoms with E-state index < -0.39 is 11.6 Å². The molecule has 0 amide bonds. The molecule has 90 valence electrons. The largest absolute Gasteiger partial charge is 0.354 e. The third-order valence-corrected chi connectivity index (χ3v) is 2.59. The van der Waals surface area contributed by atoms with Gasteiger partial charge in [0, 0.05) is 5.69 Å². The molecule has 4 heteroatoms. The summed E-state index contributed by atoms with van der Waals surface area (Å²) in [7, 11) is 0. The summed E-state index contributed by atoms with van der Waals surface area (Å²) in [6.45, 7) is 1.80. The van der Waals surface area contributed by atoms with Crippen LogP contribution in [0.15, 0.2) is 36.4 Å². The molecule has 0 atom stereocenters. The van der Waals surface area contributed by atoms with E-state index in [9.17, 15) is 8.78 Å². The van der Waals surface area contributed by atoms with Crippen molar-refractivity contribution in [3.63, 3.8) is 0 Å². The Morgan fingerprint density at radius 3 is 2.61 bits per heavy atom. The van der Waals surface area contributed by atoms with Crippen molar-refractivity contribution in [2.45, 2.75) is 6.92 Å². The molecule has 2 rings (SSSR count). The van der Waals surface area contributed by atoms with Gasteiger partial charge >= 0.3 is 0 Å². The first-order valence-corrected chi connectivity index (χ1v) is 5.33. The number of nitriles is 1. The van der Waals surface area contributed by atoms with E-state index in [0.717, 1.165) is 5.56 Å². The molecule has 0 radical (unpaired) electrons. The van der Waals surface area contributed by atoms with Crippen molar-refractivity contribution in [1.82, 2.24) is 0 Å². The maximum atomic E-state index is 13.4. The van der Waals surface area contributed by atoms with Gasteiger partial charge in [-0.2, -0.15) is 5.26 Å². The SMILES string of the molecule is Cc1ccc(F)cc1Nc1cccc(F)c1C#N. The molecule has 0 bridgehead atoms. The van der Waals surface area contributed by atoms with Crippen LogP contribution in [0.3, 0.4) is 0 Å². The number of anilines is 2. The molecule has 0 saturated heterocycles. The normalized spacial score (nSPS) is 9.89. The van der Waals surface area contributed by atoms with E-state index in [1.807, 2.05) is 0 Å². The van der Waals surface area contributed by atoms with Crippen LogP contribution in [0, 0.1) is 29.9 Å².